The van der Waals surface area contributed by atoms with Crippen molar-refractivity contribution in [1.29, 1.82) is 0 Å². The molecule has 0 aliphatic heterocycles. The minimum Gasteiger partial charge on any atom is -0.508 e. The van der Waals surface area contributed by atoms with E-state index < -0.39 is 0 Å². The lowest BCUT2D eigenvalue weighted by Gasteiger charge is -2.13. The summed E-state index contributed by atoms with van der Waals surface area (Å²) >= 11 is 1.33. The number of nitrogens with zero attached hydrogens (tertiary/aromatic N) is 1. The molecule has 4 nitrogen and oxygen atoms in total. The summed E-state index contributed by atoms with van der Waals surface area (Å²) in [5.74, 6) is -0.116. The highest BCUT2D eigenvalue weighted by Crippen LogP contribution is 2.39. The third kappa shape index (κ3) is 2.10. The van der Waals surface area contributed by atoms with Crippen LogP contribution < -0.4 is 5.32 Å². The maximum atomic E-state index is 12.3. The van der Waals surface area contributed by atoms with Crippen molar-refractivity contribution in [3.05, 3.63) is 40.4 Å². The van der Waals surface area contributed by atoms with Crippen LogP contribution in [0.15, 0.2) is 23.6 Å². The molecular weight excluding hydrogens is 260 g/mol. The molecule has 0 saturated heterocycles. The maximum absolute atomic E-state index is 12.3. The van der Waals surface area contributed by atoms with Crippen molar-refractivity contribution in [2.45, 2.75) is 25.7 Å². The largest absolute Gasteiger partial charge is 0.508 e. The fourth-order valence-electron chi connectivity index (χ4n) is 2.56. The number of phenols is 1. The number of amides is 1. The first kappa shape index (κ1) is 12.2. The van der Waals surface area contributed by atoms with Gasteiger partial charge in [0.2, 0.25) is 5.91 Å². The zero-order valence-corrected chi connectivity index (χ0v) is 11.3. The third-order valence-electron chi connectivity index (χ3n) is 3.55. The molecule has 1 heterocycles. The van der Waals surface area contributed by atoms with E-state index in [1.807, 2.05) is 24.4 Å². The summed E-state index contributed by atoms with van der Waals surface area (Å²) in [5.41, 5.74) is 3.44. The highest BCUT2D eigenvalue weighted by molar-refractivity contribution is 7.04. The second kappa shape index (κ2) is 4.66. The Hall–Kier alpha value is -1.88. The zero-order valence-electron chi connectivity index (χ0n) is 10.5. The maximum Gasteiger partial charge on any atom is 0.232 e. The van der Waals surface area contributed by atoms with E-state index in [-0.39, 0.29) is 17.6 Å². The minimum atomic E-state index is -0.268. The van der Waals surface area contributed by atoms with E-state index in [2.05, 4.69) is 9.69 Å². The van der Waals surface area contributed by atoms with Gasteiger partial charge in [0.15, 0.2) is 0 Å². The standard InChI is InChI=1S/C14H14N2O2S/c1-8-11(7-19-16-8)15-14(18)10-6-5-9-3-2-4-12(17)13(9)10/h2-4,7,10,17H,5-6H2,1H3,(H,15,18). The number of hydrogen-bond donors (Lipinski definition) is 2. The molecule has 1 aromatic carbocycles. The lowest BCUT2D eigenvalue weighted by Crippen LogP contribution is -2.19. The van der Waals surface area contributed by atoms with Crippen LogP contribution in [0.3, 0.4) is 0 Å². The molecule has 1 unspecified atom stereocenters. The van der Waals surface area contributed by atoms with Gasteiger partial charge >= 0.3 is 0 Å². The topological polar surface area (TPSA) is 62.2 Å². The van der Waals surface area contributed by atoms with Gasteiger partial charge < -0.3 is 10.4 Å². The number of carbonyl (C=O) groups is 1. The molecule has 1 aromatic heterocycles. The second-order valence-electron chi connectivity index (χ2n) is 4.74. The molecule has 3 rings (SSSR count). The summed E-state index contributed by atoms with van der Waals surface area (Å²) in [5, 5.41) is 14.7. The van der Waals surface area contributed by atoms with Crippen LogP contribution in [0, 0.1) is 6.92 Å². The van der Waals surface area contributed by atoms with Crippen molar-refractivity contribution in [2.75, 3.05) is 5.32 Å². The Morgan fingerprint density at radius 3 is 3.11 bits per heavy atom. The van der Waals surface area contributed by atoms with E-state index in [4.69, 9.17) is 0 Å². The first-order valence-corrected chi connectivity index (χ1v) is 7.03. The van der Waals surface area contributed by atoms with E-state index in [1.165, 1.54) is 11.5 Å². The molecule has 0 radical (unpaired) electrons. The van der Waals surface area contributed by atoms with E-state index in [0.717, 1.165) is 35.3 Å². The quantitative estimate of drug-likeness (QED) is 0.885. The van der Waals surface area contributed by atoms with Crippen LogP contribution in [-0.2, 0) is 11.2 Å². The number of phenolic OH excluding ortho intramolecular Hbond substituents is 1. The Morgan fingerprint density at radius 2 is 2.37 bits per heavy atom. The van der Waals surface area contributed by atoms with Gasteiger partial charge in [0, 0.05) is 10.9 Å². The van der Waals surface area contributed by atoms with Gasteiger partial charge in [-0.3, -0.25) is 4.79 Å². The molecule has 0 saturated carbocycles. The molecule has 0 fully saturated rings. The van der Waals surface area contributed by atoms with Gasteiger partial charge in [0.05, 0.1) is 17.3 Å². The molecule has 1 atom stereocenters. The third-order valence-corrected chi connectivity index (χ3v) is 4.27. The number of hydrogen-bond acceptors (Lipinski definition) is 4. The number of fused-ring (bicyclic) bond motifs is 1. The number of rotatable bonds is 2. The van der Waals surface area contributed by atoms with Crippen molar-refractivity contribution < 1.29 is 9.90 Å². The monoisotopic (exact) mass is 274 g/mol. The highest BCUT2D eigenvalue weighted by atomic mass is 32.1. The second-order valence-corrected chi connectivity index (χ2v) is 5.37. The fraction of sp³-hybridized carbons (Fsp3) is 0.286. The summed E-state index contributed by atoms with van der Waals surface area (Å²) in [4.78, 5) is 12.3. The molecule has 1 aliphatic carbocycles. The summed E-state index contributed by atoms with van der Waals surface area (Å²) in [6.07, 6.45) is 1.58. The van der Waals surface area contributed by atoms with Crippen molar-refractivity contribution in [1.82, 2.24) is 4.37 Å². The lowest BCUT2D eigenvalue weighted by atomic mass is 9.99. The first-order chi connectivity index (χ1) is 9.16. The Labute approximate surface area is 115 Å². The normalized spacial score (nSPS) is 17.2. The number of aryl methyl sites for hydroxylation is 2. The van der Waals surface area contributed by atoms with Gasteiger partial charge in [0.1, 0.15) is 5.75 Å². The van der Waals surface area contributed by atoms with Gasteiger partial charge in [-0.2, -0.15) is 4.37 Å². The van der Waals surface area contributed by atoms with Crippen LogP contribution in [0.2, 0.25) is 0 Å². The van der Waals surface area contributed by atoms with Crippen molar-refractivity contribution in [2.24, 2.45) is 0 Å². The average Bonchev–Trinajstić information content (AvgIpc) is 2.97. The van der Waals surface area contributed by atoms with Crippen LogP contribution in [0.1, 0.15) is 29.2 Å². The number of anilines is 1. The van der Waals surface area contributed by atoms with Gasteiger partial charge in [0.25, 0.3) is 0 Å². The lowest BCUT2D eigenvalue weighted by molar-refractivity contribution is -0.117. The molecule has 1 aliphatic rings. The predicted octanol–water partition coefficient (Wildman–Crippen LogP) is 2.83. The van der Waals surface area contributed by atoms with Crippen molar-refractivity contribution >= 4 is 23.1 Å². The first-order valence-electron chi connectivity index (χ1n) is 6.19. The molecule has 98 valence electrons. The molecule has 0 bridgehead atoms. The Kier molecular flexibility index (Phi) is 2.98. The Balaban J connectivity index is 1.86. The summed E-state index contributed by atoms with van der Waals surface area (Å²) in [7, 11) is 0. The number of aromatic nitrogens is 1. The molecule has 0 spiro atoms. The van der Waals surface area contributed by atoms with Crippen LogP contribution in [0.5, 0.6) is 5.75 Å². The summed E-state index contributed by atoms with van der Waals surface area (Å²) in [6.45, 7) is 1.87. The van der Waals surface area contributed by atoms with Crippen LogP contribution >= 0.6 is 11.5 Å². The summed E-state index contributed by atoms with van der Waals surface area (Å²) < 4.78 is 4.14. The molecule has 2 N–H and O–H groups in total. The predicted molar refractivity (Wildman–Crippen MR) is 74.6 cm³/mol. The Morgan fingerprint density at radius 1 is 1.53 bits per heavy atom. The van der Waals surface area contributed by atoms with Crippen LogP contribution in [-0.4, -0.2) is 15.4 Å². The molecule has 5 heteroatoms. The number of benzene rings is 1. The molecule has 19 heavy (non-hydrogen) atoms. The van der Waals surface area contributed by atoms with Gasteiger partial charge in [-0.1, -0.05) is 12.1 Å². The van der Waals surface area contributed by atoms with Crippen molar-refractivity contribution in [3.63, 3.8) is 0 Å². The number of nitrogens with one attached hydrogen (secondary N) is 1. The van der Waals surface area contributed by atoms with Crippen molar-refractivity contribution in [3.8, 4) is 5.75 Å². The molecule has 1 amide bonds. The zero-order chi connectivity index (χ0) is 13.4. The molecule has 2 aromatic rings. The van der Waals surface area contributed by atoms with E-state index in [9.17, 15) is 9.90 Å². The average molecular weight is 274 g/mol. The van der Waals surface area contributed by atoms with Gasteiger partial charge in [-0.15, -0.1) is 0 Å². The van der Waals surface area contributed by atoms with Gasteiger partial charge in [-0.25, -0.2) is 0 Å². The van der Waals surface area contributed by atoms with Gasteiger partial charge in [-0.05, 0) is 42.9 Å². The van der Waals surface area contributed by atoms with E-state index in [0.29, 0.717) is 0 Å². The SMILES string of the molecule is Cc1nscc1NC(=O)C1CCc2cccc(O)c21. The molecular formula is C14H14N2O2S. The van der Waals surface area contributed by atoms with E-state index in [1.54, 1.807) is 6.07 Å². The smallest absolute Gasteiger partial charge is 0.232 e. The highest BCUT2D eigenvalue weighted by Gasteiger charge is 2.31. The van der Waals surface area contributed by atoms with E-state index >= 15 is 0 Å². The Bertz CT molecular complexity index is 636. The number of aromatic hydroxyl groups is 1. The summed E-state index contributed by atoms with van der Waals surface area (Å²) in [6, 6.07) is 5.43. The minimum absolute atomic E-state index is 0.0662. The van der Waals surface area contributed by atoms with Crippen LogP contribution in [0.4, 0.5) is 5.69 Å². The van der Waals surface area contributed by atoms with Crippen LogP contribution in [0.25, 0.3) is 0 Å². The number of carbonyl (C=O) groups excluding carboxylic acids is 1. The fourth-order valence-corrected chi connectivity index (χ4v) is 3.20.